The predicted octanol–water partition coefficient (Wildman–Crippen LogP) is 6.97. The van der Waals surface area contributed by atoms with Gasteiger partial charge in [-0.1, -0.05) is 86.7 Å². The van der Waals surface area contributed by atoms with Crippen LogP contribution in [0, 0.1) is 11.3 Å². The number of benzene rings is 1. The van der Waals surface area contributed by atoms with Gasteiger partial charge in [0.2, 0.25) is 0 Å². The third-order valence-electron chi connectivity index (χ3n) is 6.24. The van der Waals surface area contributed by atoms with E-state index in [0.29, 0.717) is 11.8 Å². The summed E-state index contributed by atoms with van der Waals surface area (Å²) in [5.74, 6) is 0.939. The van der Waals surface area contributed by atoms with Gasteiger partial charge in [0.1, 0.15) is 0 Å². The maximum atomic E-state index is 3.62. The standard InChI is InChI=1S/C27H31N/c1-21-20-25(14-15-26(21)22-10-6-5-7-11-22)28-24-16-18-27(2,19-17-24)23-12-8-3-4-9-13-23/h5-8,10-18,20-21,26,28H,3-4,9,19H2,1-2H3/t21?,26-,27?/m1/s1. The van der Waals surface area contributed by atoms with Crippen LogP contribution in [0.5, 0.6) is 0 Å². The second-order valence-electron chi connectivity index (χ2n) is 8.51. The van der Waals surface area contributed by atoms with Crippen LogP contribution in [0.3, 0.4) is 0 Å². The molecule has 0 amide bonds. The largest absolute Gasteiger partial charge is 0.356 e. The third-order valence-corrected chi connectivity index (χ3v) is 6.24. The Labute approximate surface area is 169 Å². The molecule has 0 radical (unpaired) electrons. The zero-order chi connectivity index (χ0) is 19.4. The second kappa shape index (κ2) is 8.22. The predicted molar refractivity (Wildman–Crippen MR) is 120 cm³/mol. The normalized spacial score (nSPS) is 29.6. The van der Waals surface area contributed by atoms with Crippen LogP contribution in [-0.4, -0.2) is 0 Å². The number of hydrogen-bond acceptors (Lipinski definition) is 1. The first-order valence-electron chi connectivity index (χ1n) is 10.6. The van der Waals surface area contributed by atoms with Crippen molar-refractivity contribution in [1.29, 1.82) is 0 Å². The maximum absolute atomic E-state index is 3.62. The molecule has 3 aliphatic rings. The summed E-state index contributed by atoms with van der Waals surface area (Å²) in [6.07, 6.45) is 25.7. The molecule has 28 heavy (non-hydrogen) atoms. The van der Waals surface area contributed by atoms with Gasteiger partial charge >= 0.3 is 0 Å². The van der Waals surface area contributed by atoms with Crippen molar-refractivity contribution in [3.63, 3.8) is 0 Å². The molecule has 3 aliphatic carbocycles. The molecule has 0 heterocycles. The highest BCUT2D eigenvalue weighted by molar-refractivity contribution is 5.41. The molecule has 3 atom stereocenters. The monoisotopic (exact) mass is 369 g/mol. The summed E-state index contributed by atoms with van der Waals surface area (Å²) in [7, 11) is 0. The fraction of sp³-hybridized carbons (Fsp3) is 0.333. The Balaban J connectivity index is 1.41. The first-order chi connectivity index (χ1) is 13.6. The highest BCUT2D eigenvalue weighted by atomic mass is 14.9. The quantitative estimate of drug-likeness (QED) is 0.604. The van der Waals surface area contributed by atoms with Crippen molar-refractivity contribution in [2.75, 3.05) is 0 Å². The summed E-state index contributed by atoms with van der Waals surface area (Å²) in [5.41, 5.74) is 5.38. The highest BCUT2D eigenvalue weighted by Crippen LogP contribution is 2.39. The minimum absolute atomic E-state index is 0.120. The van der Waals surface area contributed by atoms with Gasteiger partial charge in [0, 0.05) is 22.7 Å². The van der Waals surface area contributed by atoms with Crippen LogP contribution in [0.1, 0.15) is 51.0 Å². The lowest BCUT2D eigenvalue weighted by atomic mass is 9.76. The van der Waals surface area contributed by atoms with E-state index >= 15 is 0 Å². The molecular weight excluding hydrogens is 338 g/mol. The minimum atomic E-state index is 0.120. The molecule has 1 heteroatoms. The van der Waals surface area contributed by atoms with Crippen LogP contribution in [0.25, 0.3) is 0 Å². The number of rotatable bonds is 4. The van der Waals surface area contributed by atoms with E-state index in [1.54, 1.807) is 0 Å². The van der Waals surface area contributed by atoms with E-state index in [2.05, 4.69) is 104 Å². The van der Waals surface area contributed by atoms with Crippen LogP contribution in [0.2, 0.25) is 0 Å². The third kappa shape index (κ3) is 4.14. The molecule has 1 aromatic rings. The van der Waals surface area contributed by atoms with Gasteiger partial charge < -0.3 is 5.32 Å². The summed E-state index contributed by atoms with van der Waals surface area (Å²) >= 11 is 0. The fourth-order valence-corrected chi connectivity index (χ4v) is 4.40. The molecule has 1 aromatic carbocycles. The molecule has 2 unspecified atom stereocenters. The fourth-order valence-electron chi connectivity index (χ4n) is 4.40. The number of hydrogen-bond donors (Lipinski definition) is 1. The van der Waals surface area contributed by atoms with E-state index in [1.165, 1.54) is 41.8 Å². The second-order valence-corrected chi connectivity index (χ2v) is 8.51. The molecule has 0 fully saturated rings. The van der Waals surface area contributed by atoms with Gasteiger partial charge in [-0.3, -0.25) is 0 Å². The van der Waals surface area contributed by atoms with Crippen molar-refractivity contribution < 1.29 is 0 Å². The van der Waals surface area contributed by atoms with E-state index in [-0.39, 0.29) is 5.41 Å². The van der Waals surface area contributed by atoms with Crippen molar-refractivity contribution in [2.45, 2.75) is 45.4 Å². The van der Waals surface area contributed by atoms with E-state index in [4.69, 9.17) is 0 Å². The summed E-state index contributed by atoms with van der Waals surface area (Å²) in [6.45, 7) is 4.65. The van der Waals surface area contributed by atoms with Gasteiger partial charge in [-0.05, 0) is 54.9 Å². The van der Waals surface area contributed by atoms with Gasteiger partial charge in [0.15, 0.2) is 0 Å². The first kappa shape index (κ1) is 18.8. The summed E-state index contributed by atoms with van der Waals surface area (Å²) in [5, 5.41) is 3.62. The molecule has 4 rings (SSSR count). The molecule has 0 aromatic heterocycles. The lowest BCUT2D eigenvalue weighted by Crippen LogP contribution is -2.22. The van der Waals surface area contributed by atoms with E-state index in [0.717, 1.165) is 6.42 Å². The molecular formula is C27H31N. The Hall–Kier alpha value is -2.54. The van der Waals surface area contributed by atoms with Gasteiger partial charge in [-0.25, -0.2) is 0 Å². The Morgan fingerprint density at radius 2 is 1.82 bits per heavy atom. The minimum Gasteiger partial charge on any atom is -0.356 e. The van der Waals surface area contributed by atoms with Crippen molar-refractivity contribution in [3.05, 3.63) is 108 Å². The zero-order valence-corrected chi connectivity index (χ0v) is 17.1. The zero-order valence-electron chi connectivity index (χ0n) is 17.1. The van der Waals surface area contributed by atoms with Gasteiger partial charge in [-0.2, -0.15) is 0 Å². The number of nitrogens with one attached hydrogen (secondary N) is 1. The van der Waals surface area contributed by atoms with Crippen LogP contribution in [-0.2, 0) is 0 Å². The van der Waals surface area contributed by atoms with Gasteiger partial charge in [0.05, 0.1) is 0 Å². The van der Waals surface area contributed by atoms with E-state index in [1.807, 2.05) is 0 Å². The van der Waals surface area contributed by atoms with E-state index in [9.17, 15) is 0 Å². The van der Waals surface area contributed by atoms with Crippen LogP contribution in [0.15, 0.2) is 102 Å². The van der Waals surface area contributed by atoms with Crippen molar-refractivity contribution in [2.24, 2.45) is 11.3 Å². The van der Waals surface area contributed by atoms with Crippen molar-refractivity contribution >= 4 is 0 Å². The van der Waals surface area contributed by atoms with Crippen LogP contribution >= 0.6 is 0 Å². The SMILES string of the molecule is CC1C=C(NC2=CCC(C)(C3=CCCCC=C3)C=C2)C=C[C@H]1c1ccccc1. The average molecular weight is 370 g/mol. The lowest BCUT2D eigenvalue weighted by Gasteiger charge is -2.30. The van der Waals surface area contributed by atoms with E-state index < -0.39 is 0 Å². The van der Waals surface area contributed by atoms with Gasteiger partial charge in [0.25, 0.3) is 0 Å². The molecule has 0 aliphatic heterocycles. The highest BCUT2D eigenvalue weighted by Gasteiger charge is 2.26. The molecule has 0 spiro atoms. The Morgan fingerprint density at radius 1 is 0.964 bits per heavy atom. The summed E-state index contributed by atoms with van der Waals surface area (Å²) in [4.78, 5) is 0. The van der Waals surface area contributed by atoms with Crippen LogP contribution < -0.4 is 5.32 Å². The Morgan fingerprint density at radius 3 is 2.57 bits per heavy atom. The average Bonchev–Trinajstić information content (AvgIpc) is 3.01. The Bertz CT molecular complexity index is 878. The van der Waals surface area contributed by atoms with Crippen molar-refractivity contribution in [1.82, 2.24) is 5.32 Å². The smallest absolute Gasteiger partial charge is 0.0343 e. The molecule has 0 bridgehead atoms. The van der Waals surface area contributed by atoms with Crippen LogP contribution in [0.4, 0.5) is 0 Å². The topological polar surface area (TPSA) is 12.0 Å². The Kier molecular flexibility index (Phi) is 5.52. The summed E-state index contributed by atoms with van der Waals surface area (Å²) in [6, 6.07) is 10.8. The number of allylic oxidation sites excluding steroid dienone is 10. The maximum Gasteiger partial charge on any atom is 0.0343 e. The lowest BCUT2D eigenvalue weighted by molar-refractivity contribution is 0.523. The summed E-state index contributed by atoms with van der Waals surface area (Å²) < 4.78 is 0. The molecule has 1 nitrogen and oxygen atoms in total. The molecule has 1 N–H and O–H groups in total. The molecule has 144 valence electrons. The van der Waals surface area contributed by atoms with Gasteiger partial charge in [-0.15, -0.1) is 0 Å². The first-order valence-corrected chi connectivity index (χ1v) is 10.6. The molecule has 0 saturated carbocycles. The molecule has 0 saturated heterocycles. The van der Waals surface area contributed by atoms with Crippen molar-refractivity contribution in [3.8, 4) is 0 Å².